The Labute approximate surface area is 204 Å². The number of halogens is 1. The Morgan fingerprint density at radius 2 is 1.74 bits per heavy atom. The molecule has 0 spiro atoms. The molecule has 178 valence electrons. The van der Waals surface area contributed by atoms with E-state index in [1.807, 2.05) is 42.7 Å². The molecule has 0 unspecified atom stereocenters. The van der Waals surface area contributed by atoms with Gasteiger partial charge in [0, 0.05) is 27.4 Å². The van der Waals surface area contributed by atoms with Gasteiger partial charge >= 0.3 is 5.97 Å². The van der Waals surface area contributed by atoms with Crippen molar-refractivity contribution in [2.75, 3.05) is 5.32 Å². The number of anilines is 2. The third kappa shape index (κ3) is 4.22. The maximum Gasteiger partial charge on any atom is 0.306 e. The average Bonchev–Trinajstić information content (AvgIpc) is 3.33. The summed E-state index contributed by atoms with van der Waals surface area (Å²) in [6, 6.07) is 12.9. The number of aryl methyl sites for hydroxylation is 1. The molecule has 0 aliphatic carbocycles. The summed E-state index contributed by atoms with van der Waals surface area (Å²) in [6.07, 6.45) is -0.229. The van der Waals surface area contributed by atoms with E-state index in [4.69, 9.17) is 4.99 Å². The molecule has 5 rings (SSSR count). The monoisotopic (exact) mass is 491 g/mol. The number of carbonyl (C=O) groups is 1. The van der Waals surface area contributed by atoms with Gasteiger partial charge in [-0.25, -0.2) is 4.39 Å². The van der Waals surface area contributed by atoms with Gasteiger partial charge in [0.05, 0.1) is 18.7 Å². The van der Waals surface area contributed by atoms with Crippen LogP contribution in [0.1, 0.15) is 45.7 Å². The van der Waals surface area contributed by atoms with Gasteiger partial charge in [-0.2, -0.15) is 0 Å². The third-order valence-corrected chi connectivity index (χ3v) is 7.16. The van der Waals surface area contributed by atoms with Crippen LogP contribution < -0.4 is 5.32 Å². The lowest BCUT2D eigenvalue weighted by atomic mass is 9.99. The predicted molar refractivity (Wildman–Crippen MR) is 131 cm³/mol. The smallest absolute Gasteiger partial charge is 0.306 e. The number of hydrogen-bond donors (Lipinski definition) is 3. The molecule has 1 aliphatic rings. The minimum Gasteiger partial charge on any atom is -0.481 e. The lowest BCUT2D eigenvalue weighted by Gasteiger charge is -2.12. The Hall–Kier alpha value is -3.89. The second-order valence-corrected chi connectivity index (χ2v) is 9.31. The van der Waals surface area contributed by atoms with E-state index < -0.39 is 12.0 Å². The highest BCUT2D eigenvalue weighted by atomic mass is 32.1. The number of aliphatic hydroxyl groups excluding tert-OH is 1. The molecule has 0 bridgehead atoms. The Morgan fingerprint density at radius 3 is 2.37 bits per heavy atom. The third-order valence-electron chi connectivity index (χ3n) is 5.90. The van der Waals surface area contributed by atoms with Crippen molar-refractivity contribution in [3.63, 3.8) is 0 Å². The first-order valence-corrected chi connectivity index (χ1v) is 11.8. The van der Waals surface area contributed by atoms with Crippen LogP contribution >= 0.6 is 11.3 Å². The second-order valence-electron chi connectivity index (χ2n) is 8.23. The Balaban J connectivity index is 1.61. The van der Waals surface area contributed by atoms with Gasteiger partial charge in [-0.1, -0.05) is 12.1 Å². The minimum absolute atomic E-state index is 0.119. The van der Waals surface area contributed by atoms with E-state index in [1.165, 1.54) is 23.5 Å². The van der Waals surface area contributed by atoms with Crippen LogP contribution in [-0.2, 0) is 11.4 Å². The van der Waals surface area contributed by atoms with Crippen LogP contribution in [0.5, 0.6) is 0 Å². The maximum absolute atomic E-state index is 13.2. The van der Waals surface area contributed by atoms with E-state index in [-0.39, 0.29) is 18.8 Å². The van der Waals surface area contributed by atoms with Crippen molar-refractivity contribution in [3.05, 3.63) is 87.6 Å². The summed E-state index contributed by atoms with van der Waals surface area (Å²) in [7, 11) is 0. The second kappa shape index (κ2) is 9.05. The zero-order chi connectivity index (χ0) is 24.7. The number of thiophene rings is 1. The van der Waals surface area contributed by atoms with Crippen molar-refractivity contribution < 1.29 is 19.4 Å². The Kier molecular flexibility index (Phi) is 5.91. The standard InChI is InChI=1S/C25H22FN5O3S/c1-13-20(12-32)35-25-22(13)23(28-19(11-21(33)34)24-30-29-14(2)31(24)25)15-3-7-17(8-4-15)27-18-9-5-16(26)6-10-18/h3-10,19,27,32H,11-12H2,1-2H3,(H,33,34)/t19-/m0/s1. The number of carboxylic acids is 1. The highest BCUT2D eigenvalue weighted by Gasteiger charge is 2.32. The SMILES string of the molecule is Cc1c(CO)sc2c1C(c1ccc(Nc3ccc(F)cc3)cc1)=N[C@@H](CC(=O)O)c1nnc(C)n1-2. The van der Waals surface area contributed by atoms with Gasteiger partial charge in [-0.3, -0.25) is 14.4 Å². The van der Waals surface area contributed by atoms with Crippen molar-refractivity contribution in [3.8, 4) is 5.00 Å². The summed E-state index contributed by atoms with van der Waals surface area (Å²) in [5.41, 5.74) is 4.71. The fourth-order valence-electron chi connectivity index (χ4n) is 4.19. The van der Waals surface area contributed by atoms with Crippen molar-refractivity contribution in [1.82, 2.24) is 14.8 Å². The number of fused-ring (bicyclic) bond motifs is 3. The van der Waals surface area contributed by atoms with Gasteiger partial charge in [0.2, 0.25) is 0 Å². The molecular formula is C25H22FN5O3S. The van der Waals surface area contributed by atoms with Crippen LogP contribution in [0.4, 0.5) is 15.8 Å². The Bertz CT molecular complexity index is 1440. The number of aliphatic carboxylic acids is 1. The number of hydrogen-bond acceptors (Lipinski definition) is 7. The van der Waals surface area contributed by atoms with Crippen molar-refractivity contribution in [2.45, 2.75) is 32.9 Å². The molecule has 0 saturated heterocycles. The molecule has 10 heteroatoms. The number of nitrogens with zero attached hydrogens (tertiary/aromatic N) is 4. The molecule has 1 atom stereocenters. The van der Waals surface area contributed by atoms with Gasteiger partial charge in [0.15, 0.2) is 5.82 Å². The van der Waals surface area contributed by atoms with Crippen LogP contribution in [0.2, 0.25) is 0 Å². The van der Waals surface area contributed by atoms with Gasteiger partial charge in [0.1, 0.15) is 22.7 Å². The number of aliphatic hydroxyl groups is 1. The van der Waals surface area contributed by atoms with Crippen LogP contribution in [-0.4, -0.2) is 36.7 Å². The summed E-state index contributed by atoms with van der Waals surface area (Å²) < 4.78 is 15.1. The molecule has 2 aromatic carbocycles. The summed E-state index contributed by atoms with van der Waals surface area (Å²) in [5, 5.41) is 32.0. The van der Waals surface area contributed by atoms with E-state index in [1.54, 1.807) is 12.1 Å². The Morgan fingerprint density at radius 1 is 1.09 bits per heavy atom. The maximum atomic E-state index is 13.2. The molecule has 0 amide bonds. The summed E-state index contributed by atoms with van der Waals surface area (Å²) in [5.74, 6) is -0.205. The number of rotatable bonds is 6. The molecule has 0 saturated carbocycles. The molecular weight excluding hydrogens is 469 g/mol. The summed E-state index contributed by atoms with van der Waals surface area (Å²) >= 11 is 1.42. The molecule has 35 heavy (non-hydrogen) atoms. The van der Waals surface area contributed by atoms with Gasteiger partial charge in [-0.15, -0.1) is 21.5 Å². The predicted octanol–water partition coefficient (Wildman–Crippen LogP) is 4.69. The zero-order valence-corrected chi connectivity index (χ0v) is 19.8. The van der Waals surface area contributed by atoms with Crippen LogP contribution in [0, 0.1) is 19.7 Å². The highest BCUT2D eigenvalue weighted by Crippen LogP contribution is 2.40. The van der Waals surface area contributed by atoms with Gasteiger partial charge in [-0.05, 0) is 55.8 Å². The van der Waals surface area contributed by atoms with Crippen LogP contribution in [0.3, 0.4) is 0 Å². The molecule has 3 N–H and O–H groups in total. The lowest BCUT2D eigenvalue weighted by molar-refractivity contribution is -0.137. The van der Waals surface area contributed by atoms with Crippen molar-refractivity contribution in [1.29, 1.82) is 0 Å². The first kappa shape index (κ1) is 22.9. The van der Waals surface area contributed by atoms with Gasteiger partial charge < -0.3 is 15.5 Å². The molecule has 0 radical (unpaired) electrons. The van der Waals surface area contributed by atoms with E-state index in [2.05, 4.69) is 15.5 Å². The molecule has 3 heterocycles. The van der Waals surface area contributed by atoms with Crippen molar-refractivity contribution in [2.24, 2.45) is 4.99 Å². The van der Waals surface area contributed by atoms with E-state index >= 15 is 0 Å². The fraction of sp³-hybridized carbons (Fsp3) is 0.200. The topological polar surface area (TPSA) is 113 Å². The summed E-state index contributed by atoms with van der Waals surface area (Å²) in [4.78, 5) is 17.4. The zero-order valence-electron chi connectivity index (χ0n) is 19.0. The summed E-state index contributed by atoms with van der Waals surface area (Å²) in [6.45, 7) is 3.62. The average molecular weight is 492 g/mol. The lowest BCUT2D eigenvalue weighted by Crippen LogP contribution is -2.10. The normalized spacial score (nSPS) is 14.6. The first-order chi connectivity index (χ1) is 16.9. The highest BCUT2D eigenvalue weighted by molar-refractivity contribution is 7.15. The number of aromatic nitrogens is 3. The molecule has 4 aromatic rings. The minimum atomic E-state index is -0.984. The largest absolute Gasteiger partial charge is 0.481 e. The fourth-order valence-corrected chi connectivity index (χ4v) is 5.41. The van der Waals surface area contributed by atoms with Crippen molar-refractivity contribution >= 4 is 34.4 Å². The quantitative estimate of drug-likeness (QED) is 0.361. The van der Waals surface area contributed by atoms with E-state index in [9.17, 15) is 19.4 Å². The first-order valence-electron chi connectivity index (χ1n) is 10.9. The number of benzene rings is 2. The number of aliphatic imine (C=N–C) groups is 1. The number of carboxylic acid groups (broad SMARTS) is 1. The van der Waals surface area contributed by atoms with E-state index in [0.29, 0.717) is 17.4 Å². The van der Waals surface area contributed by atoms with Crippen LogP contribution in [0.25, 0.3) is 5.00 Å². The van der Waals surface area contributed by atoms with Gasteiger partial charge in [0.25, 0.3) is 0 Å². The number of nitrogens with one attached hydrogen (secondary N) is 1. The van der Waals surface area contributed by atoms with Crippen LogP contribution in [0.15, 0.2) is 53.5 Å². The molecule has 1 aliphatic heterocycles. The molecule has 8 nitrogen and oxygen atoms in total. The van der Waals surface area contributed by atoms with E-state index in [0.717, 1.165) is 37.9 Å². The molecule has 0 fully saturated rings. The molecule has 2 aromatic heterocycles.